The molecule has 290 valence electrons. The van der Waals surface area contributed by atoms with Crippen LogP contribution in [0.15, 0.2) is 0 Å². The second kappa shape index (κ2) is 19.0. The highest BCUT2D eigenvalue weighted by molar-refractivity contribution is 8.76. The van der Waals surface area contributed by atoms with Gasteiger partial charge in [-0.05, 0) is 41.5 Å². The third kappa shape index (κ3) is 14.1. The summed E-state index contributed by atoms with van der Waals surface area (Å²) in [5.41, 5.74) is -1.88. The van der Waals surface area contributed by atoms with Crippen molar-refractivity contribution in [2.24, 2.45) is 0 Å². The molecule has 0 aliphatic carbocycles. The number of esters is 2. The van der Waals surface area contributed by atoms with Gasteiger partial charge in [-0.1, -0.05) is 21.6 Å². The third-order valence-corrected chi connectivity index (χ3v) is 9.08. The number of hydrogen-bond acceptors (Lipinski definition) is 20. The normalized spacial score (nSPS) is 31.5. The highest BCUT2D eigenvalue weighted by atomic mass is 33.1. The van der Waals surface area contributed by atoms with Gasteiger partial charge in [0.25, 0.3) is 0 Å². The Hall–Kier alpha value is -2.22. The van der Waals surface area contributed by atoms with Crippen molar-refractivity contribution in [2.75, 3.05) is 24.7 Å². The highest BCUT2D eigenvalue weighted by Crippen LogP contribution is 2.26. The van der Waals surface area contributed by atoms with Crippen molar-refractivity contribution in [2.45, 2.75) is 126 Å². The van der Waals surface area contributed by atoms with Gasteiger partial charge in [-0.2, -0.15) is 0 Å². The summed E-state index contributed by atoms with van der Waals surface area (Å²) in [6, 6.07) is -2.79. The first-order valence-electron chi connectivity index (χ1n) is 15.3. The van der Waals surface area contributed by atoms with Gasteiger partial charge in [-0.15, -0.1) is 0 Å². The number of rotatable bonds is 13. The first kappa shape index (κ1) is 43.9. The van der Waals surface area contributed by atoms with Crippen molar-refractivity contribution in [1.29, 1.82) is 0 Å². The van der Waals surface area contributed by atoms with Gasteiger partial charge in [0.1, 0.15) is 85.3 Å². The number of amides is 2. The molecule has 2 aliphatic rings. The fourth-order valence-corrected chi connectivity index (χ4v) is 6.43. The molecule has 0 aromatic rings. The number of carbonyl (C=O) groups is 4. The zero-order valence-corrected chi connectivity index (χ0v) is 29.9. The monoisotopic (exact) mass is 764 g/mol. The Morgan fingerprint density at radius 1 is 0.580 bits per heavy atom. The number of ether oxygens (including phenoxy) is 6. The lowest BCUT2D eigenvalue weighted by Crippen LogP contribution is -2.59. The van der Waals surface area contributed by atoms with E-state index >= 15 is 0 Å². The zero-order valence-electron chi connectivity index (χ0n) is 28.2. The first-order valence-corrected chi connectivity index (χ1v) is 17.8. The molecule has 0 unspecified atom stereocenters. The molecule has 2 heterocycles. The van der Waals surface area contributed by atoms with Gasteiger partial charge in [0, 0.05) is 11.5 Å². The van der Waals surface area contributed by atoms with E-state index in [0.29, 0.717) is 0 Å². The SMILES string of the molecule is CC(C)(C)OC(=O)N[C@H](CSSC[C@@H](NC(=O)OC(C)(C)C)C(=O)OC[C@H]1O[C@H](O)[C@@H](O)[C@@H](O)[C@H]1O)C(=O)OC[C@@H]1O[C@H](O)[C@@H](O)[C@H](O)[C@H]1O. The topological polar surface area (TPSA) is 310 Å². The van der Waals surface area contributed by atoms with Crippen LogP contribution < -0.4 is 10.6 Å². The molecule has 2 aliphatic heterocycles. The Balaban J connectivity index is 2.08. The lowest BCUT2D eigenvalue weighted by molar-refractivity contribution is -0.287. The third-order valence-electron chi connectivity index (χ3n) is 6.66. The average Bonchev–Trinajstić information content (AvgIpc) is 2.99. The van der Waals surface area contributed by atoms with Crippen molar-refractivity contribution in [3.8, 4) is 0 Å². The van der Waals surface area contributed by atoms with Crippen LogP contribution in [0.2, 0.25) is 0 Å². The summed E-state index contributed by atoms with van der Waals surface area (Å²) in [6.07, 6.45) is -19.3. The van der Waals surface area contributed by atoms with Gasteiger partial charge in [0.05, 0.1) is 0 Å². The Morgan fingerprint density at radius 2 is 0.900 bits per heavy atom. The van der Waals surface area contributed by atoms with Crippen molar-refractivity contribution in [3.05, 3.63) is 0 Å². The molecule has 2 rings (SSSR count). The van der Waals surface area contributed by atoms with Gasteiger partial charge < -0.3 is 79.9 Å². The number of hydrogen-bond donors (Lipinski definition) is 10. The van der Waals surface area contributed by atoms with E-state index in [0.717, 1.165) is 21.6 Å². The molecule has 22 heteroatoms. The van der Waals surface area contributed by atoms with Gasteiger partial charge in [-0.3, -0.25) is 0 Å². The molecule has 0 spiro atoms. The summed E-state index contributed by atoms with van der Waals surface area (Å²) in [6.45, 7) is 8.14. The second-order valence-electron chi connectivity index (χ2n) is 13.3. The van der Waals surface area contributed by atoms with E-state index in [1.165, 1.54) is 0 Å². The van der Waals surface area contributed by atoms with Crippen LogP contribution in [-0.2, 0) is 38.0 Å². The maximum Gasteiger partial charge on any atom is 0.408 e. The molecule has 0 radical (unpaired) electrons. The number of aliphatic hydroxyl groups is 8. The minimum Gasteiger partial charge on any atom is -0.461 e. The van der Waals surface area contributed by atoms with E-state index in [1.54, 1.807) is 41.5 Å². The molecule has 0 bridgehead atoms. The maximum absolute atomic E-state index is 13.0. The number of carbonyl (C=O) groups excluding carboxylic acids is 4. The van der Waals surface area contributed by atoms with E-state index in [4.69, 9.17) is 28.4 Å². The summed E-state index contributed by atoms with van der Waals surface area (Å²) in [7, 11) is 1.88. The van der Waals surface area contributed by atoms with Crippen LogP contribution in [0, 0.1) is 0 Å². The predicted molar refractivity (Wildman–Crippen MR) is 171 cm³/mol. The standard InChI is InChI=1S/C28H48N2O18S2/c1-27(2,3)47-25(41)29-11(21(37)43-7-13-15(31)17(33)19(35)23(39)45-13)9-49-50-10-12(30-26(42)48-28(4,5)6)22(38)44-8-14-16(32)18(34)20(36)24(40)46-14/h11-20,23-24,31-36,39-40H,7-10H2,1-6H3,(H,29,41)(H,30,42)/t11-,12-,13-,14+,15+,16+,17+,18-,19+,20+,23+,24+/m1/s1. The Kier molecular flexibility index (Phi) is 16.7. The van der Waals surface area contributed by atoms with Crippen LogP contribution in [0.25, 0.3) is 0 Å². The molecule has 0 saturated carbocycles. The molecule has 20 nitrogen and oxygen atoms in total. The summed E-state index contributed by atoms with van der Waals surface area (Å²) < 4.78 is 30.7. The predicted octanol–water partition coefficient (Wildman–Crippen LogP) is -3.16. The van der Waals surface area contributed by atoms with Crippen molar-refractivity contribution in [1.82, 2.24) is 10.6 Å². The fourth-order valence-electron chi connectivity index (χ4n) is 4.14. The minimum atomic E-state index is -1.87. The Bertz CT molecular complexity index is 1050. The maximum atomic E-state index is 13.0. The highest BCUT2D eigenvalue weighted by Gasteiger charge is 2.45. The van der Waals surface area contributed by atoms with E-state index in [-0.39, 0.29) is 11.5 Å². The van der Waals surface area contributed by atoms with Gasteiger partial charge >= 0.3 is 24.1 Å². The molecular weight excluding hydrogens is 716 g/mol. The quantitative estimate of drug-likeness (QED) is 0.0383. The molecule has 2 fully saturated rings. The van der Waals surface area contributed by atoms with Crippen molar-refractivity contribution in [3.63, 3.8) is 0 Å². The number of alkyl carbamates (subject to hydrolysis) is 2. The second-order valence-corrected chi connectivity index (χ2v) is 15.9. The largest absolute Gasteiger partial charge is 0.461 e. The summed E-state index contributed by atoms with van der Waals surface area (Å²) in [4.78, 5) is 51.0. The smallest absolute Gasteiger partial charge is 0.408 e. The number of aliphatic hydroxyl groups excluding tert-OH is 8. The molecule has 12 atom stereocenters. The summed E-state index contributed by atoms with van der Waals surface area (Å²) in [5.74, 6) is -2.51. The fraction of sp³-hybridized carbons (Fsp3) is 0.857. The van der Waals surface area contributed by atoms with Crippen LogP contribution in [-0.4, -0.2) is 174 Å². The zero-order chi connectivity index (χ0) is 38.1. The van der Waals surface area contributed by atoms with Crippen LogP contribution >= 0.6 is 21.6 Å². The Labute approximate surface area is 295 Å². The molecule has 0 aromatic carbocycles. The van der Waals surface area contributed by atoms with Crippen molar-refractivity contribution < 1.29 is 88.5 Å². The number of nitrogens with one attached hydrogen (secondary N) is 2. The van der Waals surface area contributed by atoms with E-state index < -0.39 is 122 Å². The molecule has 10 N–H and O–H groups in total. The molecule has 2 saturated heterocycles. The van der Waals surface area contributed by atoms with E-state index in [9.17, 15) is 60.0 Å². The molecule has 0 aromatic heterocycles. The lowest BCUT2D eigenvalue weighted by atomic mass is 9.99. The molecule has 2 amide bonds. The van der Waals surface area contributed by atoms with Crippen LogP contribution in [0.3, 0.4) is 0 Å². The van der Waals surface area contributed by atoms with Crippen LogP contribution in [0.1, 0.15) is 41.5 Å². The van der Waals surface area contributed by atoms with Crippen LogP contribution in [0.5, 0.6) is 0 Å². The summed E-state index contributed by atoms with van der Waals surface area (Å²) >= 11 is 0. The minimum absolute atomic E-state index is 0.213. The van der Waals surface area contributed by atoms with Crippen molar-refractivity contribution >= 4 is 45.7 Å². The molecular formula is C28H48N2O18S2. The van der Waals surface area contributed by atoms with Gasteiger partial charge in [-0.25, -0.2) is 19.2 Å². The van der Waals surface area contributed by atoms with E-state index in [1.807, 2.05) is 0 Å². The van der Waals surface area contributed by atoms with Gasteiger partial charge in [0.2, 0.25) is 0 Å². The average molecular weight is 765 g/mol. The first-order chi connectivity index (χ1) is 23.0. The molecule has 50 heavy (non-hydrogen) atoms. The lowest BCUT2D eigenvalue weighted by Gasteiger charge is -2.38. The summed E-state index contributed by atoms with van der Waals surface area (Å²) in [5, 5.41) is 83.5. The van der Waals surface area contributed by atoms with Gasteiger partial charge in [0.15, 0.2) is 12.6 Å². The Morgan fingerprint density at radius 3 is 1.20 bits per heavy atom. The van der Waals surface area contributed by atoms with E-state index in [2.05, 4.69) is 10.6 Å². The van der Waals surface area contributed by atoms with Crippen LogP contribution in [0.4, 0.5) is 9.59 Å².